The molecule has 2 aromatic carbocycles. The van der Waals surface area contributed by atoms with Gasteiger partial charge in [-0.1, -0.05) is 54.2 Å². The smallest absolute Gasteiger partial charge is 0.227 e. The lowest BCUT2D eigenvalue weighted by Crippen LogP contribution is -2.31. The zero-order valence-corrected chi connectivity index (χ0v) is 15.2. The SMILES string of the molecule is CSc1nc2n(n1)[C@@H](c1cccc3ccccc13)C1=C(CCCC1=O)N2. The van der Waals surface area contributed by atoms with Gasteiger partial charge in [0, 0.05) is 17.7 Å². The van der Waals surface area contributed by atoms with Gasteiger partial charge in [-0.2, -0.15) is 4.98 Å². The fraction of sp³-hybridized carbons (Fsp3) is 0.250. The van der Waals surface area contributed by atoms with E-state index in [-0.39, 0.29) is 11.8 Å². The molecule has 0 fully saturated rings. The third-order valence-corrected chi connectivity index (χ3v) is 5.69. The number of hydrogen-bond donors (Lipinski definition) is 1. The van der Waals surface area contributed by atoms with E-state index in [9.17, 15) is 4.79 Å². The monoisotopic (exact) mass is 362 g/mol. The number of anilines is 1. The fourth-order valence-electron chi connectivity index (χ4n) is 4.00. The number of Topliss-reactive ketones (excluding diaryl/α,β-unsaturated/α-hetero) is 1. The van der Waals surface area contributed by atoms with Crippen LogP contribution in [0.2, 0.25) is 0 Å². The molecule has 6 heteroatoms. The molecular weight excluding hydrogens is 344 g/mol. The van der Waals surface area contributed by atoms with Crippen LogP contribution < -0.4 is 5.32 Å². The van der Waals surface area contributed by atoms with Crippen LogP contribution in [0.1, 0.15) is 30.9 Å². The standard InChI is InChI=1S/C20H18N4OS/c1-26-20-22-19-21-15-10-5-11-16(25)17(15)18(24(19)23-20)14-9-4-7-12-6-2-3-8-13(12)14/h2-4,6-9,18H,5,10-11H2,1H3,(H,21,22,23)/t18-/m0/s1. The van der Waals surface area contributed by atoms with Gasteiger partial charge in [0.2, 0.25) is 11.1 Å². The summed E-state index contributed by atoms with van der Waals surface area (Å²) in [5.41, 5.74) is 2.95. The van der Waals surface area contributed by atoms with Crippen LogP contribution in [0.15, 0.2) is 58.9 Å². The van der Waals surface area contributed by atoms with Crippen LogP contribution in [-0.4, -0.2) is 26.8 Å². The number of fused-ring (bicyclic) bond motifs is 2. The Morgan fingerprint density at radius 2 is 2.00 bits per heavy atom. The molecule has 1 aliphatic heterocycles. The highest BCUT2D eigenvalue weighted by molar-refractivity contribution is 7.98. The maximum Gasteiger partial charge on any atom is 0.227 e. The number of nitrogens with zero attached hydrogens (tertiary/aromatic N) is 3. The Morgan fingerprint density at radius 3 is 2.88 bits per heavy atom. The number of nitrogens with one attached hydrogen (secondary N) is 1. The molecule has 5 nitrogen and oxygen atoms in total. The third-order valence-electron chi connectivity index (χ3n) is 5.15. The molecule has 3 aromatic rings. The van der Waals surface area contributed by atoms with Crippen LogP contribution >= 0.6 is 11.8 Å². The van der Waals surface area contributed by atoms with E-state index >= 15 is 0 Å². The van der Waals surface area contributed by atoms with E-state index in [2.05, 4.69) is 45.7 Å². The molecule has 2 heterocycles. The van der Waals surface area contributed by atoms with Crippen LogP contribution in [-0.2, 0) is 4.79 Å². The van der Waals surface area contributed by atoms with Gasteiger partial charge in [0.05, 0.1) is 0 Å². The van der Waals surface area contributed by atoms with Crippen molar-refractivity contribution in [3.63, 3.8) is 0 Å². The molecule has 5 rings (SSSR count). The molecule has 2 aliphatic rings. The highest BCUT2D eigenvalue weighted by Crippen LogP contribution is 2.42. The molecule has 0 radical (unpaired) electrons. The molecule has 130 valence electrons. The Morgan fingerprint density at radius 1 is 1.15 bits per heavy atom. The Bertz CT molecular complexity index is 1060. The molecule has 0 saturated carbocycles. The maximum atomic E-state index is 12.9. The number of hydrogen-bond acceptors (Lipinski definition) is 5. The molecule has 0 bridgehead atoms. The van der Waals surface area contributed by atoms with E-state index in [1.807, 2.05) is 23.1 Å². The average molecular weight is 362 g/mol. The van der Waals surface area contributed by atoms with E-state index < -0.39 is 0 Å². The second kappa shape index (κ2) is 5.99. The Hall–Kier alpha value is -2.60. The van der Waals surface area contributed by atoms with Crippen molar-refractivity contribution >= 4 is 34.3 Å². The number of benzene rings is 2. The van der Waals surface area contributed by atoms with E-state index in [4.69, 9.17) is 0 Å². The summed E-state index contributed by atoms with van der Waals surface area (Å²) in [4.78, 5) is 17.5. The van der Waals surface area contributed by atoms with Gasteiger partial charge >= 0.3 is 0 Å². The molecule has 1 atom stereocenters. The molecule has 0 spiro atoms. The first-order valence-corrected chi connectivity index (χ1v) is 10.00. The van der Waals surface area contributed by atoms with Crippen LogP contribution in [0, 0.1) is 0 Å². The molecule has 1 N–H and O–H groups in total. The normalized spacial score (nSPS) is 19.3. The molecular formula is C20H18N4OS. The van der Waals surface area contributed by atoms with Crippen LogP contribution in [0.5, 0.6) is 0 Å². The van der Waals surface area contributed by atoms with Crippen molar-refractivity contribution < 1.29 is 4.79 Å². The first-order valence-electron chi connectivity index (χ1n) is 8.77. The first kappa shape index (κ1) is 15.6. The number of aromatic nitrogens is 3. The zero-order chi connectivity index (χ0) is 17.7. The quantitative estimate of drug-likeness (QED) is 0.693. The van der Waals surface area contributed by atoms with E-state index in [1.165, 1.54) is 17.1 Å². The predicted molar refractivity (Wildman–Crippen MR) is 103 cm³/mol. The number of ketones is 1. The highest BCUT2D eigenvalue weighted by Gasteiger charge is 2.37. The minimum atomic E-state index is -0.228. The van der Waals surface area contributed by atoms with Crippen molar-refractivity contribution in [3.05, 3.63) is 59.3 Å². The van der Waals surface area contributed by atoms with Crippen molar-refractivity contribution in [2.75, 3.05) is 11.6 Å². The van der Waals surface area contributed by atoms with Gasteiger partial charge in [0.25, 0.3) is 0 Å². The summed E-state index contributed by atoms with van der Waals surface area (Å²) in [7, 11) is 0. The summed E-state index contributed by atoms with van der Waals surface area (Å²) in [6, 6.07) is 14.3. The van der Waals surface area contributed by atoms with Crippen molar-refractivity contribution in [2.24, 2.45) is 0 Å². The van der Waals surface area contributed by atoms with Crippen molar-refractivity contribution in [1.82, 2.24) is 14.8 Å². The van der Waals surface area contributed by atoms with Crippen molar-refractivity contribution in [3.8, 4) is 0 Å². The topological polar surface area (TPSA) is 59.8 Å². The predicted octanol–water partition coefficient (Wildman–Crippen LogP) is 4.18. The van der Waals surface area contributed by atoms with Crippen molar-refractivity contribution in [1.29, 1.82) is 0 Å². The summed E-state index contributed by atoms with van der Waals surface area (Å²) in [5.74, 6) is 0.935. The number of thioether (sulfide) groups is 1. The van der Waals surface area contributed by atoms with Gasteiger partial charge < -0.3 is 5.32 Å². The summed E-state index contributed by atoms with van der Waals surface area (Å²) < 4.78 is 1.88. The lowest BCUT2D eigenvalue weighted by molar-refractivity contribution is -0.116. The van der Waals surface area contributed by atoms with Gasteiger partial charge in [0.1, 0.15) is 6.04 Å². The molecule has 1 aliphatic carbocycles. The molecule has 0 amide bonds. The van der Waals surface area contributed by atoms with Gasteiger partial charge in [-0.25, -0.2) is 4.68 Å². The minimum absolute atomic E-state index is 0.212. The summed E-state index contributed by atoms with van der Waals surface area (Å²) in [5, 5.41) is 11.1. The maximum absolute atomic E-state index is 12.9. The number of carbonyl (C=O) groups excluding carboxylic acids is 1. The number of carbonyl (C=O) groups is 1. The van der Waals surface area contributed by atoms with E-state index in [0.29, 0.717) is 11.6 Å². The first-order chi connectivity index (χ1) is 12.8. The number of rotatable bonds is 2. The van der Waals surface area contributed by atoms with E-state index in [1.54, 1.807) is 0 Å². The van der Waals surface area contributed by atoms with Crippen LogP contribution in [0.4, 0.5) is 5.95 Å². The Balaban J connectivity index is 1.80. The summed E-state index contributed by atoms with van der Waals surface area (Å²) >= 11 is 1.51. The Labute approximate surface area is 155 Å². The second-order valence-electron chi connectivity index (χ2n) is 6.63. The lowest BCUT2D eigenvalue weighted by Gasteiger charge is -2.32. The highest BCUT2D eigenvalue weighted by atomic mass is 32.2. The van der Waals surface area contributed by atoms with Gasteiger partial charge in [-0.05, 0) is 35.4 Å². The molecule has 0 unspecified atom stereocenters. The van der Waals surface area contributed by atoms with Gasteiger partial charge in [-0.3, -0.25) is 4.79 Å². The molecule has 1 aromatic heterocycles. The largest absolute Gasteiger partial charge is 0.328 e. The average Bonchev–Trinajstić information content (AvgIpc) is 3.09. The molecule has 0 saturated heterocycles. The number of allylic oxidation sites excluding steroid dienone is 2. The van der Waals surface area contributed by atoms with Crippen molar-refractivity contribution in [2.45, 2.75) is 30.5 Å². The summed E-state index contributed by atoms with van der Waals surface area (Å²) in [6.45, 7) is 0. The lowest BCUT2D eigenvalue weighted by atomic mass is 9.84. The van der Waals surface area contributed by atoms with Gasteiger partial charge in [0.15, 0.2) is 5.78 Å². The Kier molecular flexibility index (Phi) is 3.60. The second-order valence-corrected chi connectivity index (χ2v) is 7.40. The minimum Gasteiger partial charge on any atom is -0.328 e. The third kappa shape index (κ3) is 2.29. The van der Waals surface area contributed by atoms with Crippen LogP contribution in [0.25, 0.3) is 10.8 Å². The van der Waals surface area contributed by atoms with E-state index in [0.717, 1.165) is 41.0 Å². The van der Waals surface area contributed by atoms with Gasteiger partial charge in [-0.15, -0.1) is 5.10 Å². The molecule has 26 heavy (non-hydrogen) atoms. The van der Waals surface area contributed by atoms with Crippen LogP contribution in [0.3, 0.4) is 0 Å². The zero-order valence-electron chi connectivity index (χ0n) is 14.4. The fourth-order valence-corrected chi connectivity index (χ4v) is 4.35. The summed E-state index contributed by atoms with van der Waals surface area (Å²) in [6.07, 6.45) is 4.33.